The van der Waals surface area contributed by atoms with Gasteiger partial charge in [-0.2, -0.15) is 0 Å². The third kappa shape index (κ3) is 3.58. The number of carbonyl (C=O) groups is 1. The Balaban J connectivity index is 1.72. The zero-order chi connectivity index (χ0) is 18.0. The topological polar surface area (TPSA) is 72.9 Å². The standard InChI is InChI=1S/C17H17FN4O2S/c1-10-12(8-9-24-10)15-20-21-17(22(15)3)25-11(2)16(23)19-14-7-5-4-6-13(14)18/h4-9,11H,1-3H3,(H,19,23)/t11-/m1/s1. The van der Waals surface area contributed by atoms with Crippen LogP contribution >= 0.6 is 11.8 Å². The number of benzene rings is 1. The number of hydrogen-bond acceptors (Lipinski definition) is 5. The lowest BCUT2D eigenvalue weighted by atomic mass is 10.2. The average molecular weight is 360 g/mol. The van der Waals surface area contributed by atoms with E-state index in [1.54, 1.807) is 29.9 Å². The molecule has 0 spiro atoms. The van der Waals surface area contributed by atoms with Crippen molar-refractivity contribution in [3.05, 3.63) is 48.2 Å². The maximum Gasteiger partial charge on any atom is 0.237 e. The first-order chi connectivity index (χ1) is 12.0. The summed E-state index contributed by atoms with van der Waals surface area (Å²) < 4.78 is 20.7. The van der Waals surface area contributed by atoms with Crippen molar-refractivity contribution in [1.82, 2.24) is 14.8 Å². The van der Waals surface area contributed by atoms with Crippen LogP contribution in [0.1, 0.15) is 12.7 Å². The van der Waals surface area contributed by atoms with Gasteiger partial charge in [0, 0.05) is 7.05 Å². The highest BCUT2D eigenvalue weighted by atomic mass is 32.2. The molecule has 1 aromatic carbocycles. The van der Waals surface area contributed by atoms with Crippen LogP contribution in [0, 0.1) is 12.7 Å². The van der Waals surface area contributed by atoms with Gasteiger partial charge in [0.1, 0.15) is 11.6 Å². The molecule has 0 bridgehead atoms. The maximum absolute atomic E-state index is 13.6. The number of nitrogens with zero attached hydrogens (tertiary/aromatic N) is 3. The van der Waals surface area contributed by atoms with E-state index in [-0.39, 0.29) is 11.6 Å². The molecule has 25 heavy (non-hydrogen) atoms. The molecule has 1 amide bonds. The first-order valence-corrected chi connectivity index (χ1v) is 8.51. The van der Waals surface area contributed by atoms with E-state index in [0.717, 1.165) is 11.3 Å². The summed E-state index contributed by atoms with van der Waals surface area (Å²) in [6, 6.07) is 7.88. The first kappa shape index (κ1) is 17.2. The molecule has 130 valence electrons. The quantitative estimate of drug-likeness (QED) is 0.703. The Morgan fingerprint density at radius 3 is 2.76 bits per heavy atom. The molecule has 3 rings (SSSR count). The summed E-state index contributed by atoms with van der Waals surface area (Å²) >= 11 is 1.25. The Hall–Kier alpha value is -2.61. The van der Waals surface area contributed by atoms with Crippen molar-refractivity contribution < 1.29 is 13.6 Å². The van der Waals surface area contributed by atoms with Gasteiger partial charge in [-0.05, 0) is 32.0 Å². The minimum Gasteiger partial charge on any atom is -0.469 e. The Labute approximate surface area is 148 Å². The fourth-order valence-corrected chi connectivity index (χ4v) is 3.09. The number of amides is 1. The van der Waals surface area contributed by atoms with Crippen molar-refractivity contribution in [3.63, 3.8) is 0 Å². The van der Waals surface area contributed by atoms with Crippen LogP contribution in [0.15, 0.2) is 46.2 Å². The number of anilines is 1. The second kappa shape index (κ2) is 7.10. The van der Waals surface area contributed by atoms with Gasteiger partial charge < -0.3 is 14.3 Å². The Kier molecular flexibility index (Phi) is 4.89. The van der Waals surface area contributed by atoms with Crippen molar-refractivity contribution in [2.75, 3.05) is 5.32 Å². The van der Waals surface area contributed by atoms with E-state index in [4.69, 9.17) is 4.42 Å². The Morgan fingerprint density at radius 2 is 2.08 bits per heavy atom. The van der Waals surface area contributed by atoms with E-state index in [2.05, 4.69) is 15.5 Å². The van der Waals surface area contributed by atoms with Gasteiger partial charge in [0.05, 0.1) is 22.8 Å². The fraction of sp³-hybridized carbons (Fsp3) is 0.235. The molecule has 1 atom stereocenters. The minimum atomic E-state index is -0.471. The van der Waals surface area contributed by atoms with Gasteiger partial charge in [0.25, 0.3) is 0 Å². The monoisotopic (exact) mass is 360 g/mol. The molecule has 0 aliphatic carbocycles. The highest BCUT2D eigenvalue weighted by Gasteiger charge is 2.21. The van der Waals surface area contributed by atoms with Gasteiger partial charge in [-0.25, -0.2) is 4.39 Å². The van der Waals surface area contributed by atoms with Crippen molar-refractivity contribution in [1.29, 1.82) is 0 Å². The molecule has 0 fully saturated rings. The molecule has 8 heteroatoms. The summed E-state index contributed by atoms with van der Waals surface area (Å²) in [6.45, 7) is 3.58. The van der Waals surface area contributed by atoms with Crippen molar-refractivity contribution in [2.45, 2.75) is 24.3 Å². The molecular weight excluding hydrogens is 343 g/mol. The highest BCUT2D eigenvalue weighted by Crippen LogP contribution is 2.28. The number of aromatic nitrogens is 3. The molecule has 6 nitrogen and oxygen atoms in total. The molecule has 2 aromatic heterocycles. The number of para-hydroxylation sites is 1. The number of halogens is 1. The van der Waals surface area contributed by atoms with Gasteiger partial charge >= 0.3 is 0 Å². The maximum atomic E-state index is 13.6. The number of rotatable bonds is 5. The van der Waals surface area contributed by atoms with Crippen LogP contribution in [-0.4, -0.2) is 25.9 Å². The van der Waals surface area contributed by atoms with Crippen LogP contribution in [0.4, 0.5) is 10.1 Å². The van der Waals surface area contributed by atoms with Crippen LogP contribution in [-0.2, 0) is 11.8 Å². The average Bonchev–Trinajstić information content (AvgIpc) is 3.16. The van der Waals surface area contributed by atoms with E-state index in [9.17, 15) is 9.18 Å². The number of furan rings is 1. The van der Waals surface area contributed by atoms with Crippen LogP contribution in [0.2, 0.25) is 0 Å². The van der Waals surface area contributed by atoms with E-state index in [1.807, 2.05) is 20.0 Å². The molecule has 0 radical (unpaired) electrons. The first-order valence-electron chi connectivity index (χ1n) is 7.63. The zero-order valence-electron chi connectivity index (χ0n) is 14.0. The fourth-order valence-electron chi connectivity index (χ4n) is 2.28. The molecule has 3 aromatic rings. The Bertz CT molecular complexity index is 906. The van der Waals surface area contributed by atoms with Crippen molar-refractivity contribution in [3.8, 4) is 11.4 Å². The minimum absolute atomic E-state index is 0.160. The van der Waals surface area contributed by atoms with Gasteiger partial charge in [0.15, 0.2) is 11.0 Å². The second-order valence-corrected chi connectivity index (χ2v) is 6.79. The summed E-state index contributed by atoms with van der Waals surface area (Å²) in [5.74, 6) is 0.636. The number of aryl methyl sites for hydroxylation is 1. The number of nitrogens with one attached hydrogen (secondary N) is 1. The molecule has 1 N–H and O–H groups in total. The lowest BCUT2D eigenvalue weighted by molar-refractivity contribution is -0.115. The van der Waals surface area contributed by atoms with Gasteiger partial charge in [0.2, 0.25) is 5.91 Å². The van der Waals surface area contributed by atoms with E-state index in [0.29, 0.717) is 11.0 Å². The summed E-state index contributed by atoms with van der Waals surface area (Å²) in [7, 11) is 1.82. The van der Waals surface area contributed by atoms with Crippen LogP contribution in [0.3, 0.4) is 0 Å². The second-order valence-electron chi connectivity index (χ2n) is 5.48. The molecular formula is C17H17FN4O2S. The SMILES string of the molecule is Cc1occc1-c1nnc(S[C@H](C)C(=O)Nc2ccccc2F)n1C. The molecule has 0 saturated heterocycles. The lowest BCUT2D eigenvalue weighted by Gasteiger charge is -2.12. The smallest absolute Gasteiger partial charge is 0.237 e. The number of thioether (sulfide) groups is 1. The molecule has 0 saturated carbocycles. The van der Waals surface area contributed by atoms with Crippen molar-refractivity contribution in [2.24, 2.45) is 7.05 Å². The van der Waals surface area contributed by atoms with E-state index in [1.165, 1.54) is 23.9 Å². The zero-order valence-corrected chi connectivity index (χ0v) is 14.8. The predicted molar refractivity (Wildman–Crippen MR) is 93.8 cm³/mol. The summed E-state index contributed by atoms with van der Waals surface area (Å²) in [4.78, 5) is 12.3. The normalized spacial score (nSPS) is 12.2. The van der Waals surface area contributed by atoms with Gasteiger partial charge in [-0.15, -0.1) is 10.2 Å². The molecule has 0 aliphatic heterocycles. The van der Waals surface area contributed by atoms with Gasteiger partial charge in [-0.1, -0.05) is 23.9 Å². The lowest BCUT2D eigenvalue weighted by Crippen LogP contribution is -2.23. The van der Waals surface area contributed by atoms with Crippen molar-refractivity contribution >= 4 is 23.4 Å². The van der Waals surface area contributed by atoms with Gasteiger partial charge in [-0.3, -0.25) is 4.79 Å². The largest absolute Gasteiger partial charge is 0.469 e. The predicted octanol–water partition coefficient (Wildman–Crippen LogP) is 3.64. The third-order valence-electron chi connectivity index (χ3n) is 3.72. The summed E-state index contributed by atoms with van der Waals surface area (Å²) in [5, 5.41) is 11.0. The molecule has 0 aliphatic rings. The summed E-state index contributed by atoms with van der Waals surface area (Å²) in [5.41, 5.74) is 1.01. The van der Waals surface area contributed by atoms with E-state index >= 15 is 0 Å². The summed E-state index contributed by atoms with van der Waals surface area (Å²) in [6.07, 6.45) is 1.59. The number of hydrogen-bond donors (Lipinski definition) is 1. The van der Waals surface area contributed by atoms with Crippen LogP contribution in [0.25, 0.3) is 11.4 Å². The van der Waals surface area contributed by atoms with Crippen LogP contribution in [0.5, 0.6) is 0 Å². The molecule has 0 unspecified atom stereocenters. The Morgan fingerprint density at radius 1 is 1.32 bits per heavy atom. The third-order valence-corrected chi connectivity index (χ3v) is 4.85. The molecule has 2 heterocycles. The highest BCUT2D eigenvalue weighted by molar-refractivity contribution is 8.00. The van der Waals surface area contributed by atoms with Crippen LogP contribution < -0.4 is 5.32 Å². The van der Waals surface area contributed by atoms with E-state index < -0.39 is 11.1 Å². The number of carbonyl (C=O) groups excluding carboxylic acids is 1.